The van der Waals surface area contributed by atoms with E-state index in [0.717, 1.165) is 15.5 Å². The second kappa shape index (κ2) is 6.81. The molecule has 0 spiro atoms. The molecule has 0 saturated carbocycles. The highest BCUT2D eigenvalue weighted by atomic mass is 35.5. The van der Waals surface area contributed by atoms with Crippen LogP contribution in [-0.2, 0) is 0 Å². The topological polar surface area (TPSA) is 35.0 Å². The van der Waals surface area contributed by atoms with Crippen molar-refractivity contribution in [1.82, 2.24) is 9.97 Å². The second-order valence-corrected chi connectivity index (χ2v) is 5.99. The van der Waals surface area contributed by atoms with Crippen LogP contribution < -0.4 is 4.74 Å². The highest BCUT2D eigenvalue weighted by Crippen LogP contribution is 2.34. The molecule has 3 aromatic rings. The third kappa shape index (κ3) is 3.40. The molecule has 0 bridgehead atoms. The predicted octanol–water partition coefficient (Wildman–Crippen LogP) is 4.96. The lowest BCUT2D eigenvalue weighted by molar-refractivity contribution is 0.398. The monoisotopic (exact) mass is 328 g/mol. The van der Waals surface area contributed by atoms with Crippen LogP contribution in [0.25, 0.3) is 11.4 Å². The number of nitrogens with zero attached hydrogens (tertiary/aromatic N) is 2. The number of halogens is 1. The first-order valence-corrected chi connectivity index (χ1v) is 7.85. The van der Waals surface area contributed by atoms with Crippen molar-refractivity contribution in [3.63, 3.8) is 0 Å². The zero-order valence-electron chi connectivity index (χ0n) is 11.9. The summed E-state index contributed by atoms with van der Waals surface area (Å²) < 4.78 is 5.36. The van der Waals surface area contributed by atoms with Crippen molar-refractivity contribution >= 4 is 23.4 Å². The number of methoxy groups -OCH3 is 1. The fourth-order valence-electron chi connectivity index (χ4n) is 1.94. The second-order valence-electron chi connectivity index (χ2n) is 4.49. The summed E-state index contributed by atoms with van der Waals surface area (Å²) in [5.41, 5.74) is 0.970. The average Bonchev–Trinajstić information content (AvgIpc) is 2.56. The predicted molar refractivity (Wildman–Crippen MR) is 89.6 cm³/mol. The molecule has 1 aromatic heterocycles. The van der Waals surface area contributed by atoms with Crippen molar-refractivity contribution < 1.29 is 4.74 Å². The Hall–Kier alpha value is -2.04. The van der Waals surface area contributed by atoms with Crippen LogP contribution in [0.4, 0.5) is 0 Å². The van der Waals surface area contributed by atoms with Crippen LogP contribution in [-0.4, -0.2) is 17.1 Å². The summed E-state index contributed by atoms with van der Waals surface area (Å²) >= 11 is 7.54. The van der Waals surface area contributed by atoms with E-state index >= 15 is 0 Å². The summed E-state index contributed by atoms with van der Waals surface area (Å²) in [6.07, 6.45) is 1.70. The van der Waals surface area contributed by atoms with E-state index in [1.807, 2.05) is 54.6 Å². The molecule has 0 fully saturated rings. The van der Waals surface area contributed by atoms with Crippen molar-refractivity contribution in [1.29, 1.82) is 0 Å². The number of hydrogen-bond acceptors (Lipinski definition) is 4. The lowest BCUT2D eigenvalue weighted by Crippen LogP contribution is -1.95. The first kappa shape index (κ1) is 14.9. The van der Waals surface area contributed by atoms with Gasteiger partial charge in [0.15, 0.2) is 11.6 Å². The van der Waals surface area contributed by atoms with E-state index in [2.05, 4.69) is 9.97 Å². The van der Waals surface area contributed by atoms with Gasteiger partial charge < -0.3 is 4.74 Å². The van der Waals surface area contributed by atoms with Crippen molar-refractivity contribution in [2.75, 3.05) is 7.11 Å². The minimum absolute atomic E-state index is 0.643. The SMILES string of the molecule is COc1cnc(-c2ccccc2)nc1Sc1cccc(Cl)c1. The Morgan fingerprint density at radius 3 is 2.59 bits per heavy atom. The van der Waals surface area contributed by atoms with Gasteiger partial charge >= 0.3 is 0 Å². The molecular weight excluding hydrogens is 316 g/mol. The number of benzene rings is 2. The van der Waals surface area contributed by atoms with Gasteiger partial charge in [0.2, 0.25) is 0 Å². The van der Waals surface area contributed by atoms with E-state index in [1.54, 1.807) is 13.3 Å². The van der Waals surface area contributed by atoms with Crippen LogP contribution in [0.5, 0.6) is 5.75 Å². The molecule has 0 N–H and O–H groups in total. The van der Waals surface area contributed by atoms with E-state index < -0.39 is 0 Å². The van der Waals surface area contributed by atoms with Gasteiger partial charge in [0, 0.05) is 15.5 Å². The zero-order valence-corrected chi connectivity index (χ0v) is 13.4. The van der Waals surface area contributed by atoms with Crippen molar-refractivity contribution in [2.24, 2.45) is 0 Å². The van der Waals surface area contributed by atoms with Crippen LogP contribution in [0, 0.1) is 0 Å². The molecular formula is C17H13ClN2OS. The molecule has 2 aromatic carbocycles. The Bertz CT molecular complexity index is 781. The average molecular weight is 329 g/mol. The summed E-state index contributed by atoms with van der Waals surface area (Å²) in [6, 6.07) is 17.5. The maximum atomic E-state index is 6.03. The lowest BCUT2D eigenvalue weighted by atomic mass is 10.2. The van der Waals surface area contributed by atoms with Crippen molar-refractivity contribution in [3.8, 4) is 17.1 Å². The lowest BCUT2D eigenvalue weighted by Gasteiger charge is -2.09. The van der Waals surface area contributed by atoms with Crippen molar-refractivity contribution in [2.45, 2.75) is 9.92 Å². The molecule has 22 heavy (non-hydrogen) atoms. The van der Waals surface area contributed by atoms with Gasteiger partial charge in [-0.3, -0.25) is 0 Å². The molecule has 0 aliphatic rings. The fourth-order valence-corrected chi connectivity index (χ4v) is 3.12. The molecule has 0 aliphatic heterocycles. The summed E-state index contributed by atoms with van der Waals surface area (Å²) in [4.78, 5) is 9.99. The van der Waals surface area contributed by atoms with Gasteiger partial charge in [-0.2, -0.15) is 0 Å². The van der Waals surface area contributed by atoms with E-state index in [4.69, 9.17) is 16.3 Å². The van der Waals surface area contributed by atoms with E-state index in [9.17, 15) is 0 Å². The summed E-state index contributed by atoms with van der Waals surface area (Å²) in [5.74, 6) is 1.32. The highest BCUT2D eigenvalue weighted by molar-refractivity contribution is 7.99. The molecule has 0 unspecified atom stereocenters. The smallest absolute Gasteiger partial charge is 0.169 e. The van der Waals surface area contributed by atoms with Crippen LogP contribution in [0.15, 0.2) is 70.7 Å². The summed E-state index contributed by atoms with van der Waals surface area (Å²) in [5, 5.41) is 1.46. The third-order valence-electron chi connectivity index (χ3n) is 2.98. The quantitative estimate of drug-likeness (QED) is 0.634. The Morgan fingerprint density at radius 1 is 1.05 bits per heavy atom. The molecule has 110 valence electrons. The molecule has 3 nitrogen and oxygen atoms in total. The minimum atomic E-state index is 0.643. The van der Waals surface area contributed by atoms with E-state index in [0.29, 0.717) is 16.6 Å². The Labute approximate surface area is 138 Å². The van der Waals surface area contributed by atoms with Crippen LogP contribution >= 0.6 is 23.4 Å². The van der Waals surface area contributed by atoms with Gasteiger partial charge in [-0.1, -0.05) is 59.8 Å². The fraction of sp³-hybridized carbons (Fsp3) is 0.0588. The molecule has 5 heteroatoms. The largest absolute Gasteiger partial charge is 0.492 e. The van der Waals surface area contributed by atoms with E-state index in [-0.39, 0.29) is 0 Å². The van der Waals surface area contributed by atoms with E-state index in [1.165, 1.54) is 11.8 Å². The maximum Gasteiger partial charge on any atom is 0.169 e. The van der Waals surface area contributed by atoms with Crippen LogP contribution in [0.1, 0.15) is 0 Å². The Morgan fingerprint density at radius 2 is 1.86 bits per heavy atom. The van der Waals surface area contributed by atoms with Gasteiger partial charge in [0.25, 0.3) is 0 Å². The van der Waals surface area contributed by atoms with Gasteiger partial charge in [0.05, 0.1) is 13.3 Å². The third-order valence-corrected chi connectivity index (χ3v) is 4.20. The maximum absolute atomic E-state index is 6.03. The minimum Gasteiger partial charge on any atom is -0.492 e. The molecule has 0 atom stereocenters. The molecule has 3 rings (SSSR count). The summed E-state index contributed by atoms with van der Waals surface area (Å²) in [6.45, 7) is 0. The number of aromatic nitrogens is 2. The van der Waals surface area contributed by atoms with Gasteiger partial charge in [-0.25, -0.2) is 9.97 Å². The Kier molecular flexibility index (Phi) is 4.61. The van der Waals surface area contributed by atoms with Crippen LogP contribution in [0.2, 0.25) is 5.02 Å². The van der Waals surface area contributed by atoms with Gasteiger partial charge in [0.1, 0.15) is 5.03 Å². The number of rotatable bonds is 4. The number of ether oxygens (including phenoxy) is 1. The molecule has 0 amide bonds. The highest BCUT2D eigenvalue weighted by Gasteiger charge is 2.11. The zero-order chi connectivity index (χ0) is 15.4. The van der Waals surface area contributed by atoms with Gasteiger partial charge in [-0.15, -0.1) is 0 Å². The molecule has 0 radical (unpaired) electrons. The van der Waals surface area contributed by atoms with Gasteiger partial charge in [-0.05, 0) is 18.2 Å². The first-order valence-electron chi connectivity index (χ1n) is 6.66. The normalized spacial score (nSPS) is 10.5. The molecule has 0 aliphatic carbocycles. The standard InChI is InChI=1S/C17H13ClN2OS/c1-21-15-11-19-16(12-6-3-2-4-7-12)20-17(15)22-14-9-5-8-13(18)10-14/h2-11H,1H3. The summed E-state index contributed by atoms with van der Waals surface area (Å²) in [7, 11) is 1.61. The first-order chi connectivity index (χ1) is 10.8. The Balaban J connectivity index is 1.98. The molecule has 0 saturated heterocycles. The van der Waals surface area contributed by atoms with Crippen molar-refractivity contribution in [3.05, 3.63) is 65.8 Å². The van der Waals surface area contributed by atoms with Crippen LogP contribution in [0.3, 0.4) is 0 Å². The number of hydrogen-bond donors (Lipinski definition) is 0. The molecule has 1 heterocycles.